The second kappa shape index (κ2) is 7.89. The van der Waals surface area contributed by atoms with Gasteiger partial charge in [-0.25, -0.2) is 4.79 Å². The Balaban J connectivity index is 2.00. The van der Waals surface area contributed by atoms with Gasteiger partial charge in [0, 0.05) is 12.2 Å². The number of imide groups is 1. The lowest BCUT2D eigenvalue weighted by Gasteiger charge is -2.13. The van der Waals surface area contributed by atoms with Crippen molar-refractivity contribution in [1.82, 2.24) is 10.2 Å². The molecule has 0 saturated carbocycles. The third-order valence-electron chi connectivity index (χ3n) is 2.16. The average Bonchev–Trinajstić information content (AvgIpc) is 2.71. The smallest absolute Gasteiger partial charge is 0.407 e. The Hall–Kier alpha value is -2.33. The van der Waals surface area contributed by atoms with E-state index in [-0.39, 0.29) is 44.7 Å². The summed E-state index contributed by atoms with van der Waals surface area (Å²) in [6.45, 7) is 0.706. The molecule has 102 valence electrons. The van der Waals surface area contributed by atoms with Crippen molar-refractivity contribution in [3.63, 3.8) is 0 Å². The van der Waals surface area contributed by atoms with Gasteiger partial charge in [0.2, 0.25) is 0 Å². The van der Waals surface area contributed by atoms with Gasteiger partial charge in [0.25, 0.3) is 11.8 Å². The van der Waals surface area contributed by atoms with Crippen LogP contribution in [0.3, 0.4) is 0 Å². The van der Waals surface area contributed by atoms with Crippen LogP contribution in [0, 0.1) is 12.3 Å². The first kappa shape index (κ1) is 14.7. The number of carbonyl (C=O) groups is 3. The van der Waals surface area contributed by atoms with Crippen molar-refractivity contribution in [3.8, 4) is 12.3 Å². The minimum Gasteiger partial charge on any atom is -0.447 e. The van der Waals surface area contributed by atoms with E-state index in [4.69, 9.17) is 15.9 Å². The van der Waals surface area contributed by atoms with E-state index in [0.717, 1.165) is 4.90 Å². The number of hydrogen-bond donors (Lipinski definition) is 1. The molecule has 7 heteroatoms. The van der Waals surface area contributed by atoms with Gasteiger partial charge in [-0.2, -0.15) is 0 Å². The van der Waals surface area contributed by atoms with E-state index in [9.17, 15) is 14.4 Å². The molecule has 1 rings (SSSR count). The molecular weight excluding hydrogens is 252 g/mol. The monoisotopic (exact) mass is 266 g/mol. The van der Waals surface area contributed by atoms with Crippen LogP contribution in [0.2, 0.25) is 0 Å². The Kier molecular flexibility index (Phi) is 6.12. The summed E-state index contributed by atoms with van der Waals surface area (Å²) in [4.78, 5) is 34.3. The summed E-state index contributed by atoms with van der Waals surface area (Å²) < 4.78 is 9.86. The normalized spacial score (nSPS) is 13.5. The topological polar surface area (TPSA) is 84.9 Å². The van der Waals surface area contributed by atoms with Crippen molar-refractivity contribution in [2.24, 2.45) is 0 Å². The molecule has 3 amide bonds. The van der Waals surface area contributed by atoms with Crippen LogP contribution in [0.4, 0.5) is 4.79 Å². The Morgan fingerprint density at radius 1 is 1.26 bits per heavy atom. The number of alkyl carbamates (subject to hydrolysis) is 1. The van der Waals surface area contributed by atoms with Gasteiger partial charge in [-0.1, -0.05) is 5.92 Å². The maximum absolute atomic E-state index is 11.2. The third kappa shape index (κ3) is 5.23. The summed E-state index contributed by atoms with van der Waals surface area (Å²) in [5.41, 5.74) is 0. The average molecular weight is 266 g/mol. The summed E-state index contributed by atoms with van der Waals surface area (Å²) in [5.74, 6) is 1.53. The fourth-order valence-corrected chi connectivity index (χ4v) is 1.28. The zero-order valence-corrected chi connectivity index (χ0v) is 10.3. The van der Waals surface area contributed by atoms with Gasteiger partial charge in [0.05, 0.1) is 26.3 Å². The summed E-state index contributed by atoms with van der Waals surface area (Å²) >= 11 is 0. The Morgan fingerprint density at radius 2 is 1.95 bits per heavy atom. The molecule has 1 aliphatic heterocycles. The van der Waals surface area contributed by atoms with Crippen molar-refractivity contribution in [2.75, 3.05) is 32.9 Å². The number of ether oxygens (including phenoxy) is 2. The fraction of sp³-hybridized carbons (Fsp3) is 0.417. The molecule has 1 N–H and O–H groups in total. The minimum absolute atomic E-state index is 0.0660. The second-order valence-corrected chi connectivity index (χ2v) is 3.47. The van der Waals surface area contributed by atoms with E-state index in [1.54, 1.807) is 0 Å². The van der Waals surface area contributed by atoms with Crippen LogP contribution in [0.25, 0.3) is 0 Å². The molecule has 0 aliphatic carbocycles. The molecular formula is C12H14N2O5. The van der Waals surface area contributed by atoms with Crippen LogP contribution in [-0.2, 0) is 19.1 Å². The highest BCUT2D eigenvalue weighted by atomic mass is 16.6. The second-order valence-electron chi connectivity index (χ2n) is 3.47. The predicted molar refractivity (Wildman–Crippen MR) is 64.9 cm³/mol. The van der Waals surface area contributed by atoms with Gasteiger partial charge >= 0.3 is 6.09 Å². The molecule has 1 heterocycles. The zero-order valence-electron chi connectivity index (χ0n) is 10.3. The lowest BCUT2D eigenvalue weighted by atomic mass is 10.5. The van der Waals surface area contributed by atoms with E-state index in [1.165, 1.54) is 12.2 Å². The number of nitrogens with zero attached hydrogens (tertiary/aromatic N) is 1. The molecule has 0 radical (unpaired) electrons. The molecule has 0 aromatic carbocycles. The summed E-state index contributed by atoms with van der Waals surface area (Å²) in [6, 6.07) is 0. The molecule has 1 aliphatic rings. The highest BCUT2D eigenvalue weighted by molar-refractivity contribution is 6.12. The van der Waals surface area contributed by atoms with E-state index in [1.807, 2.05) is 0 Å². The van der Waals surface area contributed by atoms with Gasteiger partial charge in [-0.3, -0.25) is 14.5 Å². The Labute approximate surface area is 110 Å². The first-order valence-electron chi connectivity index (χ1n) is 5.60. The molecule has 0 saturated heterocycles. The lowest BCUT2D eigenvalue weighted by Crippen LogP contribution is -2.33. The molecule has 7 nitrogen and oxygen atoms in total. The number of terminal acetylenes is 1. The predicted octanol–water partition coefficient (Wildman–Crippen LogP) is -0.713. The Bertz CT molecular complexity index is 406. The summed E-state index contributed by atoms with van der Waals surface area (Å²) in [7, 11) is 0. The Morgan fingerprint density at radius 3 is 2.58 bits per heavy atom. The highest BCUT2D eigenvalue weighted by Gasteiger charge is 2.22. The van der Waals surface area contributed by atoms with Crippen LogP contribution < -0.4 is 5.32 Å². The molecule has 0 atom stereocenters. The van der Waals surface area contributed by atoms with Crippen molar-refractivity contribution < 1.29 is 23.9 Å². The number of rotatable bonds is 7. The largest absolute Gasteiger partial charge is 0.447 e. The quantitative estimate of drug-likeness (QED) is 0.374. The van der Waals surface area contributed by atoms with Gasteiger partial charge in [0.15, 0.2) is 0 Å². The van der Waals surface area contributed by atoms with Crippen molar-refractivity contribution in [3.05, 3.63) is 12.2 Å². The summed E-state index contributed by atoms with van der Waals surface area (Å²) in [5, 5.41) is 2.32. The van der Waals surface area contributed by atoms with Gasteiger partial charge in [0.1, 0.15) is 6.61 Å². The van der Waals surface area contributed by atoms with Crippen LogP contribution in [-0.4, -0.2) is 55.7 Å². The third-order valence-corrected chi connectivity index (χ3v) is 2.16. The number of amides is 3. The van der Waals surface area contributed by atoms with Crippen LogP contribution in [0.15, 0.2) is 12.2 Å². The number of hydrogen-bond acceptors (Lipinski definition) is 5. The molecule has 0 bridgehead atoms. The number of nitrogens with one attached hydrogen (secondary N) is 1. The van der Waals surface area contributed by atoms with Crippen LogP contribution >= 0.6 is 0 Å². The molecule has 0 unspecified atom stereocenters. The standard InChI is InChI=1S/C12H14N2O5/c1-2-5-13-12(17)19-9-8-18-7-6-14-10(15)3-4-11(14)16/h1,3-4H,5-9H2,(H,13,17). The van der Waals surface area contributed by atoms with E-state index >= 15 is 0 Å². The van der Waals surface area contributed by atoms with E-state index < -0.39 is 6.09 Å². The summed E-state index contributed by atoms with van der Waals surface area (Å²) in [6.07, 6.45) is 6.75. The van der Waals surface area contributed by atoms with Crippen LogP contribution in [0.5, 0.6) is 0 Å². The fourth-order valence-electron chi connectivity index (χ4n) is 1.28. The van der Waals surface area contributed by atoms with Gasteiger partial charge < -0.3 is 14.8 Å². The molecule has 0 aromatic rings. The lowest BCUT2D eigenvalue weighted by molar-refractivity contribution is -0.137. The zero-order chi connectivity index (χ0) is 14.1. The maximum atomic E-state index is 11.2. The molecule has 0 aromatic heterocycles. The van der Waals surface area contributed by atoms with E-state index in [0.29, 0.717) is 0 Å². The van der Waals surface area contributed by atoms with E-state index in [2.05, 4.69) is 11.2 Å². The first-order valence-corrected chi connectivity index (χ1v) is 5.60. The number of carbonyl (C=O) groups excluding carboxylic acids is 3. The van der Waals surface area contributed by atoms with Gasteiger partial charge in [-0.05, 0) is 0 Å². The SMILES string of the molecule is C#CCNC(=O)OCCOCCN1C(=O)C=CC1=O. The van der Waals surface area contributed by atoms with Crippen molar-refractivity contribution in [2.45, 2.75) is 0 Å². The highest BCUT2D eigenvalue weighted by Crippen LogP contribution is 2.02. The minimum atomic E-state index is -0.615. The molecule has 0 spiro atoms. The van der Waals surface area contributed by atoms with Gasteiger partial charge in [-0.15, -0.1) is 6.42 Å². The first-order chi connectivity index (χ1) is 9.15. The van der Waals surface area contributed by atoms with Crippen molar-refractivity contribution in [1.29, 1.82) is 0 Å². The maximum Gasteiger partial charge on any atom is 0.407 e. The molecule has 19 heavy (non-hydrogen) atoms. The van der Waals surface area contributed by atoms with Crippen molar-refractivity contribution >= 4 is 17.9 Å². The molecule has 0 fully saturated rings. The van der Waals surface area contributed by atoms with Crippen LogP contribution in [0.1, 0.15) is 0 Å².